The van der Waals surface area contributed by atoms with Crippen LogP contribution in [-0.2, 0) is 9.53 Å². The lowest BCUT2D eigenvalue weighted by molar-refractivity contribution is -0.122. The van der Waals surface area contributed by atoms with Crippen molar-refractivity contribution in [1.29, 1.82) is 0 Å². The monoisotopic (exact) mass is 242 g/mol. The highest BCUT2D eigenvalue weighted by atomic mass is 16.5. The Morgan fingerprint density at radius 1 is 1.41 bits per heavy atom. The molecule has 0 aromatic carbocycles. The third-order valence-corrected chi connectivity index (χ3v) is 3.17. The van der Waals surface area contributed by atoms with Gasteiger partial charge in [-0.25, -0.2) is 0 Å². The molecule has 1 aliphatic heterocycles. The second kappa shape index (κ2) is 8.48. The molecule has 1 heterocycles. The van der Waals surface area contributed by atoms with E-state index in [1.165, 1.54) is 12.8 Å². The predicted molar refractivity (Wildman–Crippen MR) is 68.9 cm³/mol. The molecule has 100 valence electrons. The molecule has 1 fully saturated rings. The van der Waals surface area contributed by atoms with Crippen LogP contribution in [0.5, 0.6) is 0 Å². The molecule has 0 spiro atoms. The Kier molecular flexibility index (Phi) is 7.21. The summed E-state index contributed by atoms with van der Waals surface area (Å²) >= 11 is 0. The molecule has 2 unspecified atom stereocenters. The molecule has 0 aliphatic carbocycles. The minimum absolute atomic E-state index is 0.111. The van der Waals surface area contributed by atoms with Crippen molar-refractivity contribution in [2.45, 2.75) is 45.6 Å². The van der Waals surface area contributed by atoms with Gasteiger partial charge >= 0.3 is 0 Å². The highest BCUT2D eigenvalue weighted by Crippen LogP contribution is 2.12. The van der Waals surface area contributed by atoms with Crippen LogP contribution in [0.1, 0.15) is 39.5 Å². The number of nitrogens with one attached hydrogen (secondary N) is 2. The summed E-state index contributed by atoms with van der Waals surface area (Å²) in [7, 11) is 0. The molecule has 0 saturated carbocycles. The van der Waals surface area contributed by atoms with Crippen molar-refractivity contribution in [3.8, 4) is 0 Å². The van der Waals surface area contributed by atoms with Gasteiger partial charge in [-0.05, 0) is 38.6 Å². The summed E-state index contributed by atoms with van der Waals surface area (Å²) in [5, 5.41) is 6.42. The van der Waals surface area contributed by atoms with Crippen LogP contribution in [0.3, 0.4) is 0 Å². The summed E-state index contributed by atoms with van der Waals surface area (Å²) in [5.41, 5.74) is 0. The maximum absolute atomic E-state index is 11.5. The molecule has 17 heavy (non-hydrogen) atoms. The van der Waals surface area contributed by atoms with Crippen LogP contribution in [-0.4, -0.2) is 38.3 Å². The first-order valence-corrected chi connectivity index (χ1v) is 6.80. The summed E-state index contributed by atoms with van der Waals surface area (Å²) in [6.45, 7) is 7.38. The second-order valence-electron chi connectivity index (χ2n) is 4.92. The van der Waals surface area contributed by atoms with Gasteiger partial charge in [0.05, 0.1) is 6.61 Å². The van der Waals surface area contributed by atoms with Gasteiger partial charge in [0, 0.05) is 25.6 Å². The Balaban J connectivity index is 1.99. The van der Waals surface area contributed by atoms with E-state index in [0.29, 0.717) is 25.0 Å². The first kappa shape index (κ1) is 14.5. The van der Waals surface area contributed by atoms with Gasteiger partial charge in [0.15, 0.2) is 0 Å². The number of carbonyl (C=O) groups excluding carboxylic acids is 1. The van der Waals surface area contributed by atoms with Crippen LogP contribution >= 0.6 is 0 Å². The third-order valence-electron chi connectivity index (χ3n) is 3.17. The van der Waals surface area contributed by atoms with Crippen molar-refractivity contribution in [3.63, 3.8) is 0 Å². The Labute approximate surface area is 104 Å². The number of hydrogen-bond acceptors (Lipinski definition) is 3. The van der Waals surface area contributed by atoms with Crippen LogP contribution < -0.4 is 10.6 Å². The molecule has 1 aliphatic rings. The van der Waals surface area contributed by atoms with Crippen LogP contribution in [0.4, 0.5) is 0 Å². The van der Waals surface area contributed by atoms with Crippen molar-refractivity contribution in [3.05, 3.63) is 0 Å². The molecule has 1 rings (SSSR count). The van der Waals surface area contributed by atoms with Crippen LogP contribution in [0, 0.1) is 5.92 Å². The van der Waals surface area contributed by atoms with Crippen molar-refractivity contribution in [1.82, 2.24) is 10.6 Å². The molecule has 1 amide bonds. The smallest absolute Gasteiger partial charge is 0.222 e. The average Bonchev–Trinajstić information content (AvgIpc) is 2.34. The zero-order chi connectivity index (χ0) is 12.5. The SMILES string of the molecule is CCCOCCC(=O)NCC1CCC(C)NC1. The topological polar surface area (TPSA) is 50.4 Å². The molecule has 4 nitrogen and oxygen atoms in total. The quantitative estimate of drug-likeness (QED) is 0.662. The number of carbonyl (C=O) groups is 1. The van der Waals surface area contributed by atoms with Gasteiger partial charge in [0.2, 0.25) is 5.91 Å². The maximum atomic E-state index is 11.5. The van der Waals surface area contributed by atoms with E-state index in [0.717, 1.165) is 26.1 Å². The van der Waals surface area contributed by atoms with Gasteiger partial charge in [0.1, 0.15) is 0 Å². The molecule has 4 heteroatoms. The lowest BCUT2D eigenvalue weighted by Gasteiger charge is -2.27. The normalized spacial score (nSPS) is 24.6. The summed E-state index contributed by atoms with van der Waals surface area (Å²) < 4.78 is 5.29. The number of rotatable bonds is 7. The van der Waals surface area contributed by atoms with Gasteiger partial charge in [-0.15, -0.1) is 0 Å². The van der Waals surface area contributed by atoms with Crippen LogP contribution in [0.2, 0.25) is 0 Å². The average molecular weight is 242 g/mol. The highest BCUT2D eigenvalue weighted by molar-refractivity contribution is 5.75. The summed E-state index contributed by atoms with van der Waals surface area (Å²) in [6.07, 6.45) is 3.91. The minimum atomic E-state index is 0.111. The van der Waals surface area contributed by atoms with Crippen LogP contribution in [0.25, 0.3) is 0 Å². The fourth-order valence-corrected chi connectivity index (χ4v) is 1.99. The van der Waals surface area contributed by atoms with E-state index in [2.05, 4.69) is 24.5 Å². The van der Waals surface area contributed by atoms with Crippen molar-refractivity contribution in [2.24, 2.45) is 5.92 Å². The zero-order valence-corrected chi connectivity index (χ0v) is 11.1. The second-order valence-corrected chi connectivity index (χ2v) is 4.92. The van der Waals surface area contributed by atoms with E-state index in [-0.39, 0.29) is 5.91 Å². The van der Waals surface area contributed by atoms with Gasteiger partial charge in [-0.3, -0.25) is 4.79 Å². The largest absolute Gasteiger partial charge is 0.381 e. The molecule has 2 N–H and O–H groups in total. The van der Waals surface area contributed by atoms with Gasteiger partial charge in [0.25, 0.3) is 0 Å². The lowest BCUT2D eigenvalue weighted by Crippen LogP contribution is -2.42. The van der Waals surface area contributed by atoms with E-state index >= 15 is 0 Å². The van der Waals surface area contributed by atoms with Crippen molar-refractivity contribution >= 4 is 5.91 Å². The molecular weight excluding hydrogens is 216 g/mol. The van der Waals surface area contributed by atoms with E-state index in [9.17, 15) is 4.79 Å². The molecule has 1 saturated heterocycles. The number of amides is 1. The van der Waals surface area contributed by atoms with Gasteiger partial charge in [-0.1, -0.05) is 6.92 Å². The molecule has 0 aromatic heterocycles. The van der Waals surface area contributed by atoms with E-state index in [1.54, 1.807) is 0 Å². The van der Waals surface area contributed by atoms with E-state index in [1.807, 2.05) is 0 Å². The predicted octanol–water partition coefficient (Wildman–Crippen LogP) is 1.31. The number of ether oxygens (including phenoxy) is 1. The standard InChI is InChI=1S/C13H26N2O2/c1-3-7-17-8-6-13(16)15-10-12-5-4-11(2)14-9-12/h11-12,14H,3-10H2,1-2H3,(H,15,16). The van der Waals surface area contributed by atoms with Crippen LogP contribution in [0.15, 0.2) is 0 Å². The third kappa shape index (κ3) is 6.64. The summed E-state index contributed by atoms with van der Waals surface area (Å²) in [4.78, 5) is 11.5. The van der Waals surface area contributed by atoms with E-state index < -0.39 is 0 Å². The maximum Gasteiger partial charge on any atom is 0.222 e. The summed E-state index contributed by atoms with van der Waals surface area (Å²) in [6, 6.07) is 0.629. The molecular formula is C13H26N2O2. The summed E-state index contributed by atoms with van der Waals surface area (Å²) in [5.74, 6) is 0.700. The zero-order valence-electron chi connectivity index (χ0n) is 11.1. The fourth-order valence-electron chi connectivity index (χ4n) is 1.99. The molecule has 0 aromatic rings. The van der Waals surface area contributed by atoms with E-state index in [4.69, 9.17) is 4.74 Å². The molecule has 0 bridgehead atoms. The van der Waals surface area contributed by atoms with Crippen molar-refractivity contribution in [2.75, 3.05) is 26.3 Å². The van der Waals surface area contributed by atoms with Gasteiger partial charge in [-0.2, -0.15) is 0 Å². The first-order chi connectivity index (χ1) is 8.22. The number of hydrogen-bond donors (Lipinski definition) is 2. The Bertz CT molecular complexity index is 213. The van der Waals surface area contributed by atoms with Gasteiger partial charge < -0.3 is 15.4 Å². The number of piperidine rings is 1. The minimum Gasteiger partial charge on any atom is -0.381 e. The van der Waals surface area contributed by atoms with Crippen molar-refractivity contribution < 1.29 is 9.53 Å². The molecule has 0 radical (unpaired) electrons. The lowest BCUT2D eigenvalue weighted by atomic mass is 9.95. The highest BCUT2D eigenvalue weighted by Gasteiger charge is 2.17. The Hall–Kier alpha value is -0.610. The first-order valence-electron chi connectivity index (χ1n) is 6.80. The molecule has 2 atom stereocenters. The Morgan fingerprint density at radius 3 is 2.88 bits per heavy atom. The Morgan fingerprint density at radius 2 is 2.24 bits per heavy atom. The fraction of sp³-hybridized carbons (Fsp3) is 0.923.